The molecule has 1 unspecified atom stereocenters. The molecule has 2 amide bonds. The third-order valence-corrected chi connectivity index (χ3v) is 3.09. The van der Waals surface area contributed by atoms with Crippen molar-refractivity contribution in [2.45, 2.75) is 64.5 Å². The number of amides is 2. The smallest absolute Gasteiger partial charge is 0.326 e. The summed E-state index contributed by atoms with van der Waals surface area (Å²) in [6, 6.07) is -1.66. The number of hydrogen-bond acceptors (Lipinski definition) is 4. The van der Waals surface area contributed by atoms with Crippen LogP contribution < -0.4 is 10.6 Å². The molecule has 0 radical (unpaired) electrons. The van der Waals surface area contributed by atoms with Crippen LogP contribution in [0.15, 0.2) is 0 Å². The van der Waals surface area contributed by atoms with Gasteiger partial charge in [-0.1, -0.05) is 26.2 Å². The summed E-state index contributed by atoms with van der Waals surface area (Å²) >= 11 is 0. The van der Waals surface area contributed by atoms with Crippen LogP contribution in [0, 0.1) is 0 Å². The van der Waals surface area contributed by atoms with E-state index >= 15 is 0 Å². The van der Waals surface area contributed by atoms with Crippen LogP contribution >= 0.6 is 0 Å². The number of urea groups is 1. The first kappa shape index (κ1) is 19.2. The molecule has 21 heavy (non-hydrogen) atoms. The van der Waals surface area contributed by atoms with Gasteiger partial charge in [0.15, 0.2) is 0 Å². The van der Waals surface area contributed by atoms with Crippen LogP contribution in [-0.4, -0.2) is 42.3 Å². The first-order chi connectivity index (χ1) is 9.90. The molecular weight excluding hydrogens is 276 g/mol. The Balaban J connectivity index is 4.16. The lowest BCUT2D eigenvalue weighted by Gasteiger charge is -2.18. The van der Waals surface area contributed by atoms with Crippen molar-refractivity contribution in [3.8, 4) is 0 Å². The fourth-order valence-electron chi connectivity index (χ4n) is 1.82. The lowest BCUT2D eigenvalue weighted by molar-refractivity contribution is -0.142. The van der Waals surface area contributed by atoms with Crippen molar-refractivity contribution in [3.05, 3.63) is 0 Å². The number of carbonyl (C=O) groups is 3. The molecule has 122 valence electrons. The van der Waals surface area contributed by atoms with Crippen LogP contribution in [0.4, 0.5) is 4.79 Å². The predicted molar refractivity (Wildman–Crippen MR) is 77.9 cm³/mol. The molecule has 0 aromatic carbocycles. The van der Waals surface area contributed by atoms with Crippen molar-refractivity contribution in [1.82, 2.24) is 10.6 Å². The van der Waals surface area contributed by atoms with E-state index in [-0.39, 0.29) is 18.9 Å². The molecule has 0 fully saturated rings. The molecule has 7 nitrogen and oxygen atoms in total. The SMILES string of the molecule is CCCCCC(C)NC(=O)N[C@@H](CCC(=O)OC)C(=O)O. The van der Waals surface area contributed by atoms with Gasteiger partial charge >= 0.3 is 18.0 Å². The van der Waals surface area contributed by atoms with Crippen LogP contribution in [0.2, 0.25) is 0 Å². The third-order valence-electron chi connectivity index (χ3n) is 3.09. The highest BCUT2D eigenvalue weighted by Crippen LogP contribution is 2.03. The van der Waals surface area contributed by atoms with Crippen LogP contribution in [0.3, 0.4) is 0 Å². The topological polar surface area (TPSA) is 105 Å². The summed E-state index contributed by atoms with van der Waals surface area (Å²) in [6.07, 6.45) is 4.02. The molecule has 0 heterocycles. The van der Waals surface area contributed by atoms with E-state index < -0.39 is 24.0 Å². The Hall–Kier alpha value is -1.79. The Morgan fingerprint density at radius 1 is 1.14 bits per heavy atom. The Kier molecular flexibility index (Phi) is 10.0. The molecule has 0 aliphatic carbocycles. The Labute approximate surface area is 125 Å². The molecule has 0 saturated carbocycles. The molecular formula is C14H26N2O5. The van der Waals surface area contributed by atoms with Gasteiger partial charge in [-0.25, -0.2) is 9.59 Å². The molecule has 0 aromatic heterocycles. The number of hydrogen-bond donors (Lipinski definition) is 3. The largest absolute Gasteiger partial charge is 0.480 e. The number of unbranched alkanes of at least 4 members (excludes halogenated alkanes) is 2. The molecule has 0 bridgehead atoms. The second-order valence-corrected chi connectivity index (χ2v) is 5.02. The lowest BCUT2D eigenvalue weighted by Crippen LogP contribution is -2.48. The number of carboxylic acid groups (broad SMARTS) is 1. The van der Waals surface area contributed by atoms with E-state index in [1.807, 2.05) is 6.92 Å². The number of aliphatic carboxylic acids is 1. The second-order valence-electron chi connectivity index (χ2n) is 5.02. The van der Waals surface area contributed by atoms with E-state index in [1.54, 1.807) is 0 Å². The number of methoxy groups -OCH3 is 1. The average molecular weight is 302 g/mol. The van der Waals surface area contributed by atoms with E-state index in [1.165, 1.54) is 7.11 Å². The van der Waals surface area contributed by atoms with E-state index in [4.69, 9.17) is 5.11 Å². The van der Waals surface area contributed by atoms with Crippen molar-refractivity contribution < 1.29 is 24.2 Å². The van der Waals surface area contributed by atoms with E-state index in [9.17, 15) is 14.4 Å². The maximum Gasteiger partial charge on any atom is 0.326 e. The molecule has 0 rings (SSSR count). The summed E-state index contributed by atoms with van der Waals surface area (Å²) in [5.74, 6) is -1.68. The number of rotatable bonds is 10. The highest BCUT2D eigenvalue weighted by molar-refractivity contribution is 5.83. The Bertz CT molecular complexity index is 346. The second kappa shape index (κ2) is 10.9. The molecule has 0 saturated heterocycles. The molecule has 0 aliphatic rings. The molecule has 0 aromatic rings. The van der Waals surface area contributed by atoms with Gasteiger partial charge in [0.2, 0.25) is 0 Å². The van der Waals surface area contributed by atoms with Gasteiger partial charge in [0.25, 0.3) is 0 Å². The van der Waals surface area contributed by atoms with Crippen molar-refractivity contribution in [2.24, 2.45) is 0 Å². The third kappa shape index (κ3) is 9.70. The zero-order valence-corrected chi connectivity index (χ0v) is 13.0. The first-order valence-electron chi connectivity index (χ1n) is 7.27. The van der Waals surface area contributed by atoms with Crippen molar-refractivity contribution in [2.75, 3.05) is 7.11 Å². The zero-order chi connectivity index (χ0) is 16.3. The van der Waals surface area contributed by atoms with Gasteiger partial charge in [-0.05, 0) is 19.8 Å². The molecule has 0 spiro atoms. The van der Waals surface area contributed by atoms with Crippen molar-refractivity contribution in [1.29, 1.82) is 0 Å². The van der Waals surface area contributed by atoms with Gasteiger partial charge in [-0.2, -0.15) is 0 Å². The molecule has 3 N–H and O–H groups in total. The minimum Gasteiger partial charge on any atom is -0.480 e. The van der Waals surface area contributed by atoms with Gasteiger partial charge in [0.1, 0.15) is 6.04 Å². The monoisotopic (exact) mass is 302 g/mol. The molecule has 0 aliphatic heterocycles. The molecule has 7 heteroatoms. The number of nitrogens with one attached hydrogen (secondary N) is 2. The van der Waals surface area contributed by atoms with Gasteiger partial charge in [-0.3, -0.25) is 4.79 Å². The maximum atomic E-state index is 11.7. The minimum absolute atomic E-state index is 0.000355. The first-order valence-corrected chi connectivity index (χ1v) is 7.27. The summed E-state index contributed by atoms with van der Waals surface area (Å²) in [4.78, 5) is 33.8. The number of ether oxygens (including phenoxy) is 1. The summed E-state index contributed by atoms with van der Waals surface area (Å²) in [7, 11) is 1.23. The predicted octanol–water partition coefficient (Wildman–Crippen LogP) is 1.66. The summed E-state index contributed by atoms with van der Waals surface area (Å²) in [5.41, 5.74) is 0. The Morgan fingerprint density at radius 2 is 1.81 bits per heavy atom. The van der Waals surface area contributed by atoms with Crippen molar-refractivity contribution in [3.63, 3.8) is 0 Å². The van der Waals surface area contributed by atoms with Crippen LogP contribution in [0.1, 0.15) is 52.4 Å². The maximum absolute atomic E-state index is 11.7. The standard InChI is InChI=1S/C14H26N2O5/c1-4-5-6-7-10(2)15-14(20)16-11(13(18)19)8-9-12(17)21-3/h10-11H,4-9H2,1-3H3,(H,18,19)(H2,15,16,20)/t10?,11-/m0/s1. The van der Waals surface area contributed by atoms with Gasteiger partial charge in [-0.15, -0.1) is 0 Å². The van der Waals surface area contributed by atoms with Crippen LogP contribution in [0.25, 0.3) is 0 Å². The minimum atomic E-state index is -1.17. The highest BCUT2D eigenvalue weighted by Gasteiger charge is 2.21. The highest BCUT2D eigenvalue weighted by atomic mass is 16.5. The summed E-state index contributed by atoms with van der Waals surface area (Å²) < 4.78 is 4.44. The van der Waals surface area contributed by atoms with Crippen LogP contribution in [0.5, 0.6) is 0 Å². The molecule has 2 atom stereocenters. The quantitative estimate of drug-likeness (QED) is 0.420. The van der Waals surface area contributed by atoms with Gasteiger partial charge in [0, 0.05) is 12.5 Å². The zero-order valence-electron chi connectivity index (χ0n) is 13.0. The van der Waals surface area contributed by atoms with Gasteiger partial charge in [0.05, 0.1) is 7.11 Å². The van der Waals surface area contributed by atoms with E-state index in [0.717, 1.165) is 25.7 Å². The fraction of sp³-hybridized carbons (Fsp3) is 0.786. The summed E-state index contributed by atoms with van der Waals surface area (Å²) in [6.45, 7) is 3.98. The average Bonchev–Trinajstić information content (AvgIpc) is 2.42. The Morgan fingerprint density at radius 3 is 2.33 bits per heavy atom. The summed E-state index contributed by atoms with van der Waals surface area (Å²) in [5, 5.41) is 14.1. The number of carbonyl (C=O) groups excluding carboxylic acids is 2. The lowest BCUT2D eigenvalue weighted by atomic mass is 10.1. The normalized spacial score (nSPS) is 13.1. The number of carboxylic acids is 1. The van der Waals surface area contributed by atoms with E-state index in [2.05, 4.69) is 22.3 Å². The van der Waals surface area contributed by atoms with E-state index in [0.29, 0.717) is 0 Å². The van der Waals surface area contributed by atoms with Crippen LogP contribution in [-0.2, 0) is 14.3 Å². The van der Waals surface area contributed by atoms with Gasteiger partial charge < -0.3 is 20.5 Å². The fourth-order valence-corrected chi connectivity index (χ4v) is 1.82. The van der Waals surface area contributed by atoms with Crippen molar-refractivity contribution >= 4 is 18.0 Å². The number of esters is 1.